The van der Waals surface area contributed by atoms with Crippen LogP contribution in [0.4, 0.5) is 20.3 Å². The lowest BCUT2D eigenvalue weighted by Crippen LogP contribution is -2.32. The molecule has 1 fully saturated rings. The van der Waals surface area contributed by atoms with Gasteiger partial charge in [-0.25, -0.2) is 9.36 Å². The zero-order valence-corrected chi connectivity index (χ0v) is 19.5. The van der Waals surface area contributed by atoms with Crippen LogP contribution < -0.4 is 15.0 Å². The third kappa shape index (κ3) is 5.76. The van der Waals surface area contributed by atoms with Crippen LogP contribution in [0.1, 0.15) is 16.8 Å². The Morgan fingerprint density at radius 3 is 2.67 bits per heavy atom. The Kier molecular flexibility index (Phi) is 6.78. The number of amides is 1. The lowest BCUT2D eigenvalue weighted by atomic mass is 10.1. The molecule has 4 rings (SSSR count). The number of rotatable bonds is 7. The van der Waals surface area contributed by atoms with E-state index in [1.807, 2.05) is 6.07 Å². The SMILES string of the molecule is CN(C)[C@@H]1CCN(c2ncc(C(=O)Nc3ccc(OC(F)(F)Cl)cc3)cc2-c2ccns2)C1. The van der Waals surface area contributed by atoms with E-state index in [-0.39, 0.29) is 11.7 Å². The number of hydrogen-bond donors (Lipinski definition) is 1. The summed E-state index contributed by atoms with van der Waals surface area (Å²) in [6.45, 7) is 1.73. The van der Waals surface area contributed by atoms with E-state index < -0.39 is 5.57 Å². The van der Waals surface area contributed by atoms with Gasteiger partial charge in [0.05, 0.1) is 10.4 Å². The minimum Gasteiger partial charge on any atom is -0.420 e. The Morgan fingerprint density at radius 2 is 2.06 bits per heavy atom. The Balaban J connectivity index is 1.55. The fourth-order valence-electron chi connectivity index (χ4n) is 3.67. The van der Waals surface area contributed by atoms with Gasteiger partial charge in [-0.2, -0.15) is 0 Å². The molecule has 11 heteroatoms. The molecule has 2 aromatic heterocycles. The molecule has 0 radical (unpaired) electrons. The zero-order chi connectivity index (χ0) is 23.6. The average molecular weight is 494 g/mol. The number of likely N-dealkylation sites (N-methyl/N-ethyl adjacent to an activating group) is 1. The van der Waals surface area contributed by atoms with Gasteiger partial charge in [-0.15, -0.1) is 8.78 Å². The molecule has 33 heavy (non-hydrogen) atoms. The summed E-state index contributed by atoms with van der Waals surface area (Å²) in [6.07, 6.45) is 4.30. The number of pyridine rings is 1. The lowest BCUT2D eigenvalue weighted by molar-refractivity contribution is -0.0964. The fraction of sp³-hybridized carbons (Fsp3) is 0.318. The minimum atomic E-state index is -3.80. The molecule has 7 nitrogen and oxygen atoms in total. The molecular formula is C22H22ClF2N5O2S. The van der Waals surface area contributed by atoms with E-state index in [0.29, 0.717) is 17.3 Å². The number of alkyl halides is 3. The minimum absolute atomic E-state index is 0.117. The highest BCUT2D eigenvalue weighted by molar-refractivity contribution is 7.09. The molecule has 0 bridgehead atoms. The molecule has 174 valence electrons. The summed E-state index contributed by atoms with van der Waals surface area (Å²) in [7, 11) is 4.14. The monoisotopic (exact) mass is 493 g/mol. The number of carbonyl (C=O) groups is 1. The molecule has 0 saturated carbocycles. The highest BCUT2D eigenvalue weighted by Crippen LogP contribution is 2.34. The first kappa shape index (κ1) is 23.3. The summed E-state index contributed by atoms with van der Waals surface area (Å²) in [4.78, 5) is 22.9. The van der Waals surface area contributed by atoms with Gasteiger partial charge in [-0.3, -0.25) is 4.79 Å². The van der Waals surface area contributed by atoms with Crippen molar-refractivity contribution in [3.63, 3.8) is 0 Å². The van der Waals surface area contributed by atoms with Gasteiger partial charge in [0.1, 0.15) is 11.6 Å². The van der Waals surface area contributed by atoms with E-state index in [1.165, 1.54) is 35.8 Å². The molecule has 0 aliphatic carbocycles. The molecule has 3 aromatic rings. The summed E-state index contributed by atoms with van der Waals surface area (Å²) in [6, 6.07) is 9.64. The number of ether oxygens (including phenoxy) is 1. The summed E-state index contributed by atoms with van der Waals surface area (Å²) >= 11 is 6.11. The Morgan fingerprint density at radius 1 is 1.30 bits per heavy atom. The van der Waals surface area contributed by atoms with Crippen LogP contribution in [0, 0.1) is 0 Å². The predicted molar refractivity (Wildman–Crippen MR) is 125 cm³/mol. The first-order chi connectivity index (χ1) is 15.7. The second-order valence-electron chi connectivity index (χ2n) is 7.85. The van der Waals surface area contributed by atoms with Crippen molar-refractivity contribution in [1.29, 1.82) is 0 Å². The van der Waals surface area contributed by atoms with Gasteiger partial charge in [0.2, 0.25) is 0 Å². The molecule has 0 unspecified atom stereocenters. The summed E-state index contributed by atoms with van der Waals surface area (Å²) in [5, 5.41) is 2.74. The Hall–Kier alpha value is -2.82. The van der Waals surface area contributed by atoms with Gasteiger partial charge in [0.25, 0.3) is 5.91 Å². The normalized spacial score (nSPS) is 16.3. The number of hydrogen-bond acceptors (Lipinski definition) is 7. The molecule has 1 aliphatic heterocycles. The van der Waals surface area contributed by atoms with Crippen molar-refractivity contribution in [2.75, 3.05) is 37.4 Å². The van der Waals surface area contributed by atoms with Crippen LogP contribution >= 0.6 is 23.1 Å². The van der Waals surface area contributed by atoms with Crippen LogP contribution in [0.5, 0.6) is 5.75 Å². The van der Waals surface area contributed by atoms with Crippen LogP contribution in [-0.2, 0) is 0 Å². The first-order valence-electron chi connectivity index (χ1n) is 10.2. The van der Waals surface area contributed by atoms with E-state index in [4.69, 9.17) is 11.6 Å². The van der Waals surface area contributed by atoms with Crippen LogP contribution in [0.15, 0.2) is 48.8 Å². The number of benzene rings is 1. The van der Waals surface area contributed by atoms with Crippen LogP contribution in [0.25, 0.3) is 10.4 Å². The van der Waals surface area contributed by atoms with E-state index in [1.54, 1.807) is 18.5 Å². The van der Waals surface area contributed by atoms with Gasteiger partial charge < -0.3 is 19.9 Å². The van der Waals surface area contributed by atoms with Crippen molar-refractivity contribution in [3.8, 4) is 16.2 Å². The van der Waals surface area contributed by atoms with Crippen molar-refractivity contribution in [2.45, 2.75) is 18.0 Å². The third-order valence-electron chi connectivity index (χ3n) is 5.37. The van der Waals surface area contributed by atoms with Crippen molar-refractivity contribution in [2.24, 2.45) is 0 Å². The lowest BCUT2D eigenvalue weighted by Gasteiger charge is -2.23. The van der Waals surface area contributed by atoms with Crippen LogP contribution in [0.3, 0.4) is 0 Å². The number of nitrogens with one attached hydrogen (secondary N) is 1. The number of anilines is 2. The van der Waals surface area contributed by atoms with E-state index >= 15 is 0 Å². The largest absolute Gasteiger partial charge is 0.487 e. The van der Waals surface area contributed by atoms with Crippen LogP contribution in [0.2, 0.25) is 0 Å². The first-order valence-corrected chi connectivity index (χ1v) is 11.3. The standard InChI is InChI=1S/C22H22ClF2N5O2S/c1-29(2)16-8-10-30(13-16)20-18(19-7-9-27-33-19)11-14(12-26-20)21(31)28-15-3-5-17(6-4-15)32-22(23,24)25/h3-7,9,11-12,16H,8,10,13H2,1-2H3,(H,28,31)/t16-/m1/s1. The van der Waals surface area contributed by atoms with Gasteiger partial charge in [-0.05, 0) is 68.4 Å². The third-order valence-corrected chi connectivity index (χ3v) is 6.23. The summed E-state index contributed by atoms with van der Waals surface area (Å²) in [5.41, 5.74) is -2.16. The van der Waals surface area contributed by atoms with E-state index in [2.05, 4.69) is 43.3 Å². The van der Waals surface area contributed by atoms with Crippen molar-refractivity contribution >= 4 is 40.5 Å². The van der Waals surface area contributed by atoms with Gasteiger partial charge >= 0.3 is 5.57 Å². The molecule has 1 aliphatic rings. The number of nitrogens with zero attached hydrogens (tertiary/aromatic N) is 4. The molecule has 3 heterocycles. The maximum atomic E-state index is 12.9. The highest BCUT2D eigenvalue weighted by atomic mass is 35.5. The second kappa shape index (κ2) is 9.58. The molecule has 1 amide bonds. The maximum absolute atomic E-state index is 12.9. The van der Waals surface area contributed by atoms with E-state index in [9.17, 15) is 13.6 Å². The average Bonchev–Trinajstić information content (AvgIpc) is 3.46. The van der Waals surface area contributed by atoms with Gasteiger partial charge in [-0.1, -0.05) is 0 Å². The quantitative estimate of drug-likeness (QED) is 0.478. The fourth-order valence-corrected chi connectivity index (χ4v) is 4.36. The number of carbonyl (C=O) groups excluding carboxylic acids is 1. The Labute approximate surface area is 199 Å². The van der Waals surface area contributed by atoms with Gasteiger partial charge in [0, 0.05) is 54.4 Å². The molecular weight excluding hydrogens is 472 g/mol. The number of halogens is 3. The van der Waals surface area contributed by atoms with Gasteiger partial charge in [0.15, 0.2) is 0 Å². The zero-order valence-electron chi connectivity index (χ0n) is 18.0. The molecule has 1 aromatic carbocycles. The second-order valence-corrected chi connectivity index (χ2v) is 9.12. The maximum Gasteiger partial charge on any atom is 0.487 e. The molecule has 1 N–H and O–H groups in total. The molecule has 0 spiro atoms. The highest BCUT2D eigenvalue weighted by Gasteiger charge is 2.28. The summed E-state index contributed by atoms with van der Waals surface area (Å²) < 4.78 is 34.0. The molecule has 1 atom stereocenters. The predicted octanol–water partition coefficient (Wildman–Crippen LogP) is 4.77. The van der Waals surface area contributed by atoms with Crippen molar-refractivity contribution in [1.82, 2.24) is 14.3 Å². The van der Waals surface area contributed by atoms with Crippen molar-refractivity contribution in [3.05, 3.63) is 54.4 Å². The van der Waals surface area contributed by atoms with Crippen LogP contribution in [-0.4, -0.2) is 59.0 Å². The number of aromatic nitrogens is 2. The topological polar surface area (TPSA) is 70.6 Å². The Bertz CT molecular complexity index is 1110. The smallest absolute Gasteiger partial charge is 0.420 e. The van der Waals surface area contributed by atoms with E-state index in [0.717, 1.165) is 35.8 Å². The molecule has 1 saturated heterocycles. The summed E-state index contributed by atoms with van der Waals surface area (Å²) in [5.74, 6) is 0.334. The van der Waals surface area contributed by atoms with Crippen molar-refractivity contribution < 1.29 is 18.3 Å².